The highest BCUT2D eigenvalue weighted by Crippen LogP contribution is 2.16. The van der Waals surface area contributed by atoms with E-state index < -0.39 is 5.82 Å². The standard InChI is InChI=1S/C20H17FN6O2S/c21-17-11-23-19(28-12-16-8-6-14(7-9-16)10-24-27-22)25-18(17)26-20(30)29-13-15-4-2-1-3-5-15/h1-9,11H,10,12-13H2,(H,23,25,26,30). The summed E-state index contributed by atoms with van der Waals surface area (Å²) in [4.78, 5) is 10.5. The Labute approximate surface area is 177 Å². The van der Waals surface area contributed by atoms with Gasteiger partial charge < -0.3 is 9.47 Å². The van der Waals surface area contributed by atoms with Crippen LogP contribution < -0.4 is 10.1 Å². The second kappa shape index (κ2) is 10.7. The van der Waals surface area contributed by atoms with Gasteiger partial charge >= 0.3 is 6.01 Å². The van der Waals surface area contributed by atoms with Gasteiger partial charge in [0.1, 0.15) is 13.2 Å². The summed E-state index contributed by atoms with van der Waals surface area (Å²) in [5, 5.41) is 6.10. The number of halogens is 1. The summed E-state index contributed by atoms with van der Waals surface area (Å²) in [7, 11) is 0. The lowest BCUT2D eigenvalue weighted by Gasteiger charge is -2.11. The molecule has 1 N–H and O–H groups in total. The zero-order valence-electron chi connectivity index (χ0n) is 15.7. The second-order valence-corrected chi connectivity index (χ2v) is 6.40. The van der Waals surface area contributed by atoms with Gasteiger partial charge in [-0.3, -0.25) is 5.32 Å². The number of hydrogen-bond donors (Lipinski definition) is 1. The number of nitrogens with zero attached hydrogens (tertiary/aromatic N) is 5. The molecule has 0 unspecified atom stereocenters. The highest BCUT2D eigenvalue weighted by molar-refractivity contribution is 7.80. The van der Waals surface area contributed by atoms with Crippen LogP contribution in [0.4, 0.5) is 10.2 Å². The van der Waals surface area contributed by atoms with Crippen molar-refractivity contribution in [2.24, 2.45) is 5.11 Å². The number of rotatable bonds is 8. The molecule has 0 atom stereocenters. The molecule has 30 heavy (non-hydrogen) atoms. The molecule has 0 amide bonds. The predicted octanol–water partition coefficient (Wildman–Crippen LogP) is 4.92. The molecule has 152 valence electrons. The van der Waals surface area contributed by atoms with Gasteiger partial charge in [-0.05, 0) is 34.4 Å². The van der Waals surface area contributed by atoms with Crippen LogP contribution in [0.1, 0.15) is 16.7 Å². The molecule has 0 aliphatic heterocycles. The van der Waals surface area contributed by atoms with Crippen molar-refractivity contribution in [3.63, 3.8) is 0 Å². The fourth-order valence-corrected chi connectivity index (χ4v) is 2.52. The number of benzene rings is 2. The highest BCUT2D eigenvalue weighted by atomic mass is 32.1. The minimum Gasteiger partial charge on any atom is -0.466 e. The quantitative estimate of drug-likeness (QED) is 0.238. The first kappa shape index (κ1) is 21.0. The molecule has 0 spiro atoms. The largest absolute Gasteiger partial charge is 0.466 e. The van der Waals surface area contributed by atoms with Crippen LogP contribution in [0.3, 0.4) is 0 Å². The normalized spacial score (nSPS) is 10.0. The van der Waals surface area contributed by atoms with E-state index in [1.54, 1.807) is 0 Å². The summed E-state index contributed by atoms with van der Waals surface area (Å²) in [6.07, 6.45) is 0.994. The maximum atomic E-state index is 14.0. The van der Waals surface area contributed by atoms with Gasteiger partial charge in [0.15, 0.2) is 11.6 Å². The molecule has 0 aliphatic carbocycles. The number of hydrogen-bond acceptors (Lipinski definition) is 6. The number of ether oxygens (including phenoxy) is 2. The molecule has 10 heteroatoms. The van der Waals surface area contributed by atoms with Crippen LogP contribution in [-0.2, 0) is 24.5 Å². The minimum absolute atomic E-state index is 0.0112. The van der Waals surface area contributed by atoms with Gasteiger partial charge in [0.25, 0.3) is 5.17 Å². The summed E-state index contributed by atoms with van der Waals surface area (Å²) >= 11 is 5.09. The van der Waals surface area contributed by atoms with Crippen LogP contribution >= 0.6 is 12.2 Å². The summed E-state index contributed by atoms with van der Waals surface area (Å²) in [6, 6.07) is 16.8. The second-order valence-electron chi connectivity index (χ2n) is 6.03. The van der Waals surface area contributed by atoms with E-state index in [9.17, 15) is 4.39 Å². The summed E-state index contributed by atoms with van der Waals surface area (Å²) in [5.41, 5.74) is 11.0. The van der Waals surface area contributed by atoms with E-state index in [1.165, 1.54) is 0 Å². The molecule has 8 nitrogen and oxygen atoms in total. The SMILES string of the molecule is [N-]=[N+]=NCc1ccc(COc2ncc(F)c(NC(=S)OCc3ccccc3)n2)cc1. The Kier molecular flexibility index (Phi) is 7.48. The van der Waals surface area contributed by atoms with Crippen molar-refractivity contribution in [1.29, 1.82) is 0 Å². The number of thiocarbonyl (C=S) groups is 1. The van der Waals surface area contributed by atoms with Gasteiger partial charge in [0.05, 0.1) is 12.7 Å². The molecule has 3 rings (SSSR count). The van der Waals surface area contributed by atoms with E-state index in [2.05, 4.69) is 25.3 Å². The summed E-state index contributed by atoms with van der Waals surface area (Å²) < 4.78 is 25.0. The van der Waals surface area contributed by atoms with E-state index in [0.717, 1.165) is 22.9 Å². The third-order valence-corrected chi connectivity index (χ3v) is 4.08. The zero-order valence-corrected chi connectivity index (χ0v) is 16.6. The van der Waals surface area contributed by atoms with E-state index in [-0.39, 0.29) is 36.8 Å². The molecule has 0 fully saturated rings. The molecule has 2 aromatic carbocycles. The van der Waals surface area contributed by atoms with Crippen molar-refractivity contribution < 1.29 is 13.9 Å². The molecule has 0 saturated carbocycles. The third kappa shape index (κ3) is 6.40. The maximum Gasteiger partial charge on any atom is 0.318 e. The van der Waals surface area contributed by atoms with Crippen LogP contribution in [0.5, 0.6) is 6.01 Å². The van der Waals surface area contributed by atoms with Crippen molar-refractivity contribution in [2.75, 3.05) is 5.32 Å². The van der Waals surface area contributed by atoms with Gasteiger partial charge in [-0.2, -0.15) is 4.98 Å². The Morgan fingerprint density at radius 2 is 1.77 bits per heavy atom. The van der Waals surface area contributed by atoms with Crippen molar-refractivity contribution in [1.82, 2.24) is 9.97 Å². The van der Waals surface area contributed by atoms with Crippen molar-refractivity contribution in [3.8, 4) is 6.01 Å². The smallest absolute Gasteiger partial charge is 0.318 e. The van der Waals surface area contributed by atoms with Gasteiger partial charge in [0.2, 0.25) is 0 Å². The van der Waals surface area contributed by atoms with Crippen LogP contribution in [0.15, 0.2) is 65.9 Å². The predicted molar refractivity (Wildman–Crippen MR) is 113 cm³/mol. The number of azide groups is 1. The fourth-order valence-electron chi connectivity index (χ4n) is 2.37. The van der Waals surface area contributed by atoms with E-state index >= 15 is 0 Å². The van der Waals surface area contributed by atoms with Crippen molar-refractivity contribution in [3.05, 3.63) is 93.7 Å². The average Bonchev–Trinajstić information content (AvgIpc) is 2.78. The molecule has 0 aliphatic rings. The molecule has 0 saturated heterocycles. The van der Waals surface area contributed by atoms with Crippen LogP contribution in [0, 0.1) is 5.82 Å². The molecular formula is C20H17FN6O2S. The number of aromatic nitrogens is 2. The van der Waals surface area contributed by atoms with Crippen molar-refractivity contribution >= 4 is 23.2 Å². The molecule has 3 aromatic rings. The first-order valence-corrected chi connectivity index (χ1v) is 9.26. The first-order chi connectivity index (χ1) is 14.6. The maximum absolute atomic E-state index is 14.0. The van der Waals surface area contributed by atoms with E-state index in [0.29, 0.717) is 0 Å². The van der Waals surface area contributed by atoms with Crippen LogP contribution in [0.25, 0.3) is 10.4 Å². The zero-order chi connectivity index (χ0) is 21.2. The third-order valence-electron chi connectivity index (χ3n) is 3.86. The summed E-state index contributed by atoms with van der Waals surface area (Å²) in [6.45, 7) is 0.709. The first-order valence-electron chi connectivity index (χ1n) is 8.86. The number of anilines is 1. The Hall–Kier alpha value is -3.75. The van der Waals surface area contributed by atoms with Crippen molar-refractivity contribution in [2.45, 2.75) is 19.8 Å². The summed E-state index contributed by atoms with van der Waals surface area (Å²) in [5.74, 6) is -0.821. The Balaban J connectivity index is 1.55. The van der Waals surface area contributed by atoms with E-state index in [1.807, 2.05) is 54.6 Å². The monoisotopic (exact) mass is 424 g/mol. The lowest BCUT2D eigenvalue weighted by atomic mass is 10.1. The highest BCUT2D eigenvalue weighted by Gasteiger charge is 2.11. The molecule has 0 bridgehead atoms. The molecule has 1 aromatic heterocycles. The average molecular weight is 424 g/mol. The minimum atomic E-state index is -0.685. The molecular weight excluding hydrogens is 407 g/mol. The topological polar surface area (TPSA) is 105 Å². The van der Waals surface area contributed by atoms with Gasteiger partial charge in [-0.1, -0.05) is 59.7 Å². The fraction of sp³-hybridized carbons (Fsp3) is 0.150. The van der Waals surface area contributed by atoms with Gasteiger partial charge in [-0.15, -0.1) is 0 Å². The Morgan fingerprint density at radius 3 is 2.50 bits per heavy atom. The van der Waals surface area contributed by atoms with Crippen LogP contribution in [0.2, 0.25) is 0 Å². The lowest BCUT2D eigenvalue weighted by molar-refractivity contribution is 0.279. The van der Waals surface area contributed by atoms with Gasteiger partial charge in [0, 0.05) is 4.91 Å². The number of nitrogens with one attached hydrogen (secondary N) is 1. The Morgan fingerprint density at radius 1 is 1.07 bits per heavy atom. The lowest BCUT2D eigenvalue weighted by Crippen LogP contribution is -2.16. The molecule has 0 radical (unpaired) electrons. The van der Waals surface area contributed by atoms with Gasteiger partial charge in [-0.25, -0.2) is 9.37 Å². The molecule has 1 heterocycles. The Bertz CT molecular complexity index is 1040. The van der Waals surface area contributed by atoms with E-state index in [4.69, 9.17) is 27.2 Å². The van der Waals surface area contributed by atoms with Crippen LogP contribution in [-0.4, -0.2) is 15.1 Å².